The minimum atomic E-state index is -0.651. The van der Waals surface area contributed by atoms with Crippen molar-refractivity contribution in [1.29, 1.82) is 0 Å². The number of likely N-dealkylation sites (N-methyl/N-ethyl adjacent to an activating group) is 1. The van der Waals surface area contributed by atoms with Crippen molar-refractivity contribution in [3.63, 3.8) is 0 Å². The van der Waals surface area contributed by atoms with Crippen LogP contribution in [-0.4, -0.2) is 42.4 Å². The molecule has 1 heterocycles. The van der Waals surface area contributed by atoms with E-state index in [-0.39, 0.29) is 0 Å². The molecule has 2 atom stereocenters. The molecule has 0 aliphatic carbocycles. The SMILES string of the molecule is COc1ccc(Br)cc1CC1(O)CC(C)N(C)C1. The first-order valence-electron chi connectivity index (χ1n) is 6.18. The number of aliphatic hydroxyl groups is 1. The van der Waals surface area contributed by atoms with Gasteiger partial charge in [-0.1, -0.05) is 15.9 Å². The highest BCUT2D eigenvalue weighted by molar-refractivity contribution is 9.10. The first-order chi connectivity index (χ1) is 8.43. The van der Waals surface area contributed by atoms with E-state index in [9.17, 15) is 5.11 Å². The Kier molecular flexibility index (Phi) is 3.99. The normalized spacial score (nSPS) is 28.6. The highest BCUT2D eigenvalue weighted by Gasteiger charge is 2.39. The number of nitrogens with zero attached hydrogens (tertiary/aromatic N) is 1. The van der Waals surface area contributed by atoms with Gasteiger partial charge in [0.15, 0.2) is 0 Å². The molecule has 0 bridgehead atoms. The molecular formula is C14H20BrNO2. The number of benzene rings is 1. The van der Waals surface area contributed by atoms with Crippen molar-refractivity contribution in [3.05, 3.63) is 28.2 Å². The molecule has 0 aromatic heterocycles. The topological polar surface area (TPSA) is 32.7 Å². The molecule has 0 amide bonds. The van der Waals surface area contributed by atoms with Gasteiger partial charge in [0.1, 0.15) is 5.75 Å². The smallest absolute Gasteiger partial charge is 0.122 e. The van der Waals surface area contributed by atoms with Gasteiger partial charge in [0.2, 0.25) is 0 Å². The average molecular weight is 314 g/mol. The number of ether oxygens (including phenoxy) is 1. The van der Waals surface area contributed by atoms with Gasteiger partial charge >= 0.3 is 0 Å². The third-order valence-corrected chi connectivity index (χ3v) is 4.23. The minimum absolute atomic E-state index is 0.424. The van der Waals surface area contributed by atoms with E-state index in [0.717, 1.165) is 22.2 Å². The lowest BCUT2D eigenvalue weighted by Crippen LogP contribution is -2.34. The van der Waals surface area contributed by atoms with Crippen molar-refractivity contribution in [2.24, 2.45) is 0 Å². The molecule has 1 saturated heterocycles. The Balaban J connectivity index is 2.21. The van der Waals surface area contributed by atoms with Crippen LogP contribution in [0.4, 0.5) is 0 Å². The molecule has 18 heavy (non-hydrogen) atoms. The van der Waals surface area contributed by atoms with E-state index in [1.807, 2.05) is 18.2 Å². The fourth-order valence-corrected chi connectivity index (χ4v) is 3.17. The standard InChI is InChI=1S/C14H20BrNO2/c1-10-7-14(17,9-16(10)2)8-11-6-12(15)4-5-13(11)18-3/h4-6,10,17H,7-9H2,1-3H3. The second kappa shape index (κ2) is 5.19. The van der Waals surface area contributed by atoms with Crippen molar-refractivity contribution < 1.29 is 9.84 Å². The van der Waals surface area contributed by atoms with Gasteiger partial charge in [-0.2, -0.15) is 0 Å². The van der Waals surface area contributed by atoms with Gasteiger partial charge in [0.05, 0.1) is 12.7 Å². The summed E-state index contributed by atoms with van der Waals surface area (Å²) in [7, 11) is 3.72. The van der Waals surface area contributed by atoms with Crippen molar-refractivity contribution in [2.75, 3.05) is 20.7 Å². The molecule has 1 aromatic carbocycles. The fourth-order valence-electron chi connectivity index (χ4n) is 2.76. The van der Waals surface area contributed by atoms with Gasteiger partial charge in [-0.3, -0.25) is 0 Å². The lowest BCUT2D eigenvalue weighted by atomic mass is 9.92. The first kappa shape index (κ1) is 13.8. The number of halogens is 1. The van der Waals surface area contributed by atoms with Crippen LogP contribution in [0.15, 0.2) is 22.7 Å². The third kappa shape index (κ3) is 2.87. The number of β-amino-alcohol motifs (C(OH)–C–C–N with tert-alkyl or cyclic N) is 1. The second-order valence-electron chi connectivity index (χ2n) is 5.33. The first-order valence-corrected chi connectivity index (χ1v) is 6.98. The molecule has 100 valence electrons. The Hall–Kier alpha value is -0.580. The number of hydrogen-bond acceptors (Lipinski definition) is 3. The number of hydrogen-bond donors (Lipinski definition) is 1. The maximum absolute atomic E-state index is 10.7. The molecule has 1 aliphatic rings. The van der Waals surface area contributed by atoms with E-state index in [1.54, 1.807) is 7.11 Å². The van der Waals surface area contributed by atoms with Crippen molar-refractivity contribution >= 4 is 15.9 Å². The summed E-state index contributed by atoms with van der Waals surface area (Å²) in [6, 6.07) is 6.34. The van der Waals surface area contributed by atoms with E-state index in [1.165, 1.54) is 0 Å². The van der Waals surface area contributed by atoms with Gasteiger partial charge in [0.25, 0.3) is 0 Å². The third-order valence-electron chi connectivity index (χ3n) is 3.73. The number of likely N-dealkylation sites (tertiary alicyclic amines) is 1. The van der Waals surface area contributed by atoms with E-state index in [2.05, 4.69) is 34.8 Å². The summed E-state index contributed by atoms with van der Waals surface area (Å²) in [4.78, 5) is 2.20. The quantitative estimate of drug-likeness (QED) is 0.930. The summed E-state index contributed by atoms with van der Waals surface area (Å²) in [5, 5.41) is 10.7. The lowest BCUT2D eigenvalue weighted by Gasteiger charge is -2.23. The largest absolute Gasteiger partial charge is 0.496 e. The highest BCUT2D eigenvalue weighted by atomic mass is 79.9. The van der Waals surface area contributed by atoms with E-state index >= 15 is 0 Å². The molecule has 1 aromatic rings. The molecule has 1 aliphatic heterocycles. The summed E-state index contributed by atoms with van der Waals surface area (Å²) in [6.45, 7) is 2.86. The summed E-state index contributed by atoms with van der Waals surface area (Å²) in [6.07, 6.45) is 1.43. The van der Waals surface area contributed by atoms with Gasteiger partial charge in [-0.25, -0.2) is 0 Å². The summed E-state index contributed by atoms with van der Waals surface area (Å²) in [5.74, 6) is 0.842. The molecule has 4 heteroatoms. The summed E-state index contributed by atoms with van der Waals surface area (Å²) in [5.41, 5.74) is 0.402. The monoisotopic (exact) mass is 313 g/mol. The molecule has 2 unspecified atom stereocenters. The van der Waals surface area contributed by atoms with Crippen LogP contribution in [-0.2, 0) is 6.42 Å². The molecule has 2 rings (SSSR count). The average Bonchev–Trinajstić information content (AvgIpc) is 2.52. The minimum Gasteiger partial charge on any atom is -0.496 e. The van der Waals surface area contributed by atoms with Crippen LogP contribution in [0.2, 0.25) is 0 Å². The van der Waals surface area contributed by atoms with Crippen LogP contribution >= 0.6 is 15.9 Å². The molecule has 0 saturated carbocycles. The number of methoxy groups -OCH3 is 1. The lowest BCUT2D eigenvalue weighted by molar-refractivity contribution is 0.0514. The summed E-state index contributed by atoms with van der Waals surface area (Å²) < 4.78 is 6.38. The van der Waals surface area contributed by atoms with E-state index in [4.69, 9.17) is 4.74 Å². The van der Waals surface area contributed by atoms with Gasteiger partial charge in [-0.05, 0) is 44.2 Å². The predicted molar refractivity (Wildman–Crippen MR) is 76.1 cm³/mol. The molecule has 0 radical (unpaired) electrons. The Morgan fingerprint density at radius 2 is 2.28 bits per heavy atom. The van der Waals surface area contributed by atoms with E-state index < -0.39 is 5.60 Å². The van der Waals surface area contributed by atoms with Crippen LogP contribution in [0.5, 0.6) is 5.75 Å². The van der Waals surface area contributed by atoms with Crippen LogP contribution in [0.3, 0.4) is 0 Å². The van der Waals surface area contributed by atoms with Crippen LogP contribution < -0.4 is 4.74 Å². The highest BCUT2D eigenvalue weighted by Crippen LogP contribution is 2.33. The van der Waals surface area contributed by atoms with Crippen LogP contribution in [0, 0.1) is 0 Å². The van der Waals surface area contributed by atoms with Crippen LogP contribution in [0.25, 0.3) is 0 Å². The Morgan fingerprint density at radius 1 is 1.56 bits per heavy atom. The summed E-state index contributed by atoms with van der Waals surface area (Å²) >= 11 is 3.47. The molecular weight excluding hydrogens is 294 g/mol. The zero-order valence-corrected chi connectivity index (χ0v) is 12.7. The molecule has 0 spiro atoms. The fraction of sp³-hybridized carbons (Fsp3) is 0.571. The predicted octanol–water partition coefficient (Wildman–Crippen LogP) is 2.46. The second-order valence-corrected chi connectivity index (χ2v) is 6.24. The van der Waals surface area contributed by atoms with Crippen LogP contribution in [0.1, 0.15) is 18.9 Å². The Labute approximate surface area is 117 Å². The maximum Gasteiger partial charge on any atom is 0.122 e. The van der Waals surface area contributed by atoms with Gasteiger partial charge in [0, 0.05) is 23.5 Å². The van der Waals surface area contributed by atoms with Crippen molar-refractivity contribution in [1.82, 2.24) is 4.90 Å². The molecule has 3 nitrogen and oxygen atoms in total. The van der Waals surface area contributed by atoms with Gasteiger partial charge in [-0.15, -0.1) is 0 Å². The number of rotatable bonds is 3. The Morgan fingerprint density at radius 3 is 2.83 bits per heavy atom. The molecule has 1 fully saturated rings. The van der Waals surface area contributed by atoms with Gasteiger partial charge < -0.3 is 14.7 Å². The zero-order valence-electron chi connectivity index (χ0n) is 11.1. The zero-order chi connectivity index (χ0) is 13.3. The van der Waals surface area contributed by atoms with E-state index in [0.29, 0.717) is 19.0 Å². The van der Waals surface area contributed by atoms with Crippen molar-refractivity contribution in [3.8, 4) is 5.75 Å². The molecule has 1 N–H and O–H groups in total. The maximum atomic E-state index is 10.7. The van der Waals surface area contributed by atoms with Crippen molar-refractivity contribution in [2.45, 2.75) is 31.4 Å². The Bertz CT molecular complexity index is 426.